The van der Waals surface area contributed by atoms with Gasteiger partial charge in [0, 0.05) is 17.3 Å². The molecule has 4 aromatic rings. The third kappa shape index (κ3) is 3.72. The van der Waals surface area contributed by atoms with Crippen LogP contribution in [0.5, 0.6) is 0 Å². The van der Waals surface area contributed by atoms with Crippen molar-refractivity contribution < 1.29 is 14.0 Å². The molecule has 7 nitrogen and oxygen atoms in total. The first kappa shape index (κ1) is 17.7. The average Bonchev–Trinajstić information content (AvgIpc) is 3.45. The Kier molecular flexibility index (Phi) is 4.77. The van der Waals surface area contributed by atoms with Gasteiger partial charge in [0.15, 0.2) is 11.6 Å². The number of thiophene rings is 1. The molecule has 0 bridgehead atoms. The molecule has 0 aliphatic carbocycles. The van der Waals surface area contributed by atoms with E-state index < -0.39 is 0 Å². The van der Waals surface area contributed by atoms with E-state index in [4.69, 9.17) is 4.42 Å². The highest BCUT2D eigenvalue weighted by Crippen LogP contribution is 2.25. The molecule has 140 valence electrons. The van der Waals surface area contributed by atoms with Crippen LogP contribution in [0.4, 0.5) is 11.5 Å². The summed E-state index contributed by atoms with van der Waals surface area (Å²) in [6, 6.07) is 14.0. The number of carbonyl (C=O) groups is 2. The first-order valence-corrected chi connectivity index (χ1v) is 9.34. The molecule has 0 fully saturated rings. The van der Waals surface area contributed by atoms with Crippen molar-refractivity contribution in [3.63, 3.8) is 0 Å². The lowest BCUT2D eigenvalue weighted by atomic mass is 10.1. The van der Waals surface area contributed by atoms with E-state index in [9.17, 15) is 9.59 Å². The van der Waals surface area contributed by atoms with Crippen molar-refractivity contribution in [1.29, 1.82) is 0 Å². The highest BCUT2D eigenvalue weighted by Gasteiger charge is 2.14. The molecule has 0 saturated carbocycles. The third-order valence-electron chi connectivity index (χ3n) is 4.10. The number of furan rings is 1. The van der Waals surface area contributed by atoms with Crippen LogP contribution in [0, 0.1) is 6.92 Å². The van der Waals surface area contributed by atoms with Crippen LogP contribution in [0.15, 0.2) is 64.6 Å². The number of hydrogen-bond acceptors (Lipinski definition) is 5. The maximum Gasteiger partial charge on any atom is 0.291 e. The van der Waals surface area contributed by atoms with Crippen molar-refractivity contribution in [2.45, 2.75) is 6.92 Å². The largest absolute Gasteiger partial charge is 0.459 e. The van der Waals surface area contributed by atoms with E-state index in [0.29, 0.717) is 17.1 Å². The molecule has 2 amide bonds. The van der Waals surface area contributed by atoms with Gasteiger partial charge in [-0.2, -0.15) is 5.10 Å². The first-order valence-electron chi connectivity index (χ1n) is 8.46. The predicted octanol–water partition coefficient (Wildman–Crippen LogP) is 4.54. The number of aromatic amines is 1. The van der Waals surface area contributed by atoms with Gasteiger partial charge in [-0.05, 0) is 48.2 Å². The highest BCUT2D eigenvalue weighted by atomic mass is 32.1. The Hall–Kier alpha value is -3.65. The quantitative estimate of drug-likeness (QED) is 0.464. The summed E-state index contributed by atoms with van der Waals surface area (Å²) in [6.07, 6.45) is 1.43. The van der Waals surface area contributed by atoms with Gasteiger partial charge in [-0.15, -0.1) is 11.3 Å². The van der Waals surface area contributed by atoms with Gasteiger partial charge in [0.25, 0.3) is 11.8 Å². The van der Waals surface area contributed by atoms with Crippen LogP contribution in [0.1, 0.15) is 26.5 Å². The second-order valence-electron chi connectivity index (χ2n) is 6.06. The first-order chi connectivity index (χ1) is 13.6. The minimum atomic E-state index is -0.376. The zero-order valence-electron chi connectivity index (χ0n) is 14.9. The summed E-state index contributed by atoms with van der Waals surface area (Å²) in [5, 5.41) is 14.5. The van der Waals surface area contributed by atoms with Crippen LogP contribution in [0.3, 0.4) is 0 Å². The molecule has 8 heteroatoms. The van der Waals surface area contributed by atoms with Gasteiger partial charge in [0.1, 0.15) is 0 Å². The number of benzene rings is 1. The molecular formula is C20H16N4O3S. The lowest BCUT2D eigenvalue weighted by Gasteiger charge is -2.09. The van der Waals surface area contributed by atoms with E-state index in [-0.39, 0.29) is 17.6 Å². The van der Waals surface area contributed by atoms with Crippen LogP contribution >= 0.6 is 11.3 Å². The molecule has 3 heterocycles. The highest BCUT2D eigenvalue weighted by molar-refractivity contribution is 7.13. The van der Waals surface area contributed by atoms with Gasteiger partial charge in [0.2, 0.25) is 0 Å². The predicted molar refractivity (Wildman–Crippen MR) is 108 cm³/mol. The number of carbonyl (C=O) groups excluding carboxylic acids is 2. The van der Waals surface area contributed by atoms with Crippen molar-refractivity contribution in [2.75, 3.05) is 10.6 Å². The number of nitrogens with zero attached hydrogens (tertiary/aromatic N) is 1. The topological polar surface area (TPSA) is 100 Å². The zero-order chi connectivity index (χ0) is 19.5. The molecule has 0 atom stereocenters. The Morgan fingerprint density at radius 3 is 2.71 bits per heavy atom. The minimum Gasteiger partial charge on any atom is -0.459 e. The third-order valence-corrected chi connectivity index (χ3v) is 5.00. The van der Waals surface area contributed by atoms with Crippen molar-refractivity contribution in [2.24, 2.45) is 0 Å². The zero-order valence-corrected chi connectivity index (χ0v) is 15.7. The molecule has 0 aliphatic rings. The number of nitrogens with one attached hydrogen (secondary N) is 3. The van der Waals surface area contributed by atoms with E-state index in [0.717, 1.165) is 16.1 Å². The number of anilines is 2. The van der Waals surface area contributed by atoms with Crippen molar-refractivity contribution in [3.05, 3.63) is 77.1 Å². The number of H-pyrrole nitrogens is 1. The van der Waals surface area contributed by atoms with E-state index >= 15 is 0 Å². The molecule has 4 rings (SSSR count). The number of amides is 2. The summed E-state index contributed by atoms with van der Waals surface area (Å²) in [4.78, 5) is 25.8. The van der Waals surface area contributed by atoms with Gasteiger partial charge < -0.3 is 15.1 Å². The van der Waals surface area contributed by atoms with E-state index in [1.165, 1.54) is 6.26 Å². The van der Waals surface area contributed by atoms with Gasteiger partial charge >= 0.3 is 0 Å². The molecule has 3 N–H and O–H groups in total. The Morgan fingerprint density at radius 1 is 1.07 bits per heavy atom. The van der Waals surface area contributed by atoms with Gasteiger partial charge in [-0.3, -0.25) is 14.7 Å². The lowest BCUT2D eigenvalue weighted by molar-refractivity contribution is 0.0993. The Morgan fingerprint density at radius 2 is 1.96 bits per heavy atom. The summed E-state index contributed by atoms with van der Waals surface area (Å²) in [5.41, 5.74) is 2.60. The smallest absolute Gasteiger partial charge is 0.291 e. The molecule has 0 unspecified atom stereocenters. The van der Waals surface area contributed by atoms with E-state index in [2.05, 4.69) is 20.8 Å². The molecule has 1 aromatic carbocycles. The minimum absolute atomic E-state index is 0.201. The van der Waals surface area contributed by atoms with Crippen LogP contribution in [0.2, 0.25) is 0 Å². The average molecular weight is 392 g/mol. The van der Waals surface area contributed by atoms with Gasteiger partial charge in [0.05, 0.1) is 16.8 Å². The second kappa shape index (κ2) is 7.53. The number of aromatic nitrogens is 2. The van der Waals surface area contributed by atoms with Crippen LogP contribution in [-0.4, -0.2) is 22.0 Å². The standard InChI is InChI=1S/C20H16N4O3S/c1-12-6-7-13(10-14(12)21-20(26)16-4-2-8-27-16)19(25)22-18-11-15(23-24-18)17-5-3-9-28-17/h2-11H,1H3,(H,21,26)(H2,22,23,24,25). The van der Waals surface area contributed by atoms with Crippen LogP contribution in [-0.2, 0) is 0 Å². The maximum atomic E-state index is 12.6. The number of rotatable bonds is 5. The normalized spacial score (nSPS) is 10.6. The summed E-state index contributed by atoms with van der Waals surface area (Å²) >= 11 is 1.58. The second-order valence-corrected chi connectivity index (χ2v) is 7.01. The summed E-state index contributed by atoms with van der Waals surface area (Å²) in [6.45, 7) is 1.85. The molecule has 28 heavy (non-hydrogen) atoms. The summed E-state index contributed by atoms with van der Waals surface area (Å²) in [7, 11) is 0. The van der Waals surface area contributed by atoms with Crippen molar-refractivity contribution >= 4 is 34.7 Å². The van der Waals surface area contributed by atoms with E-state index in [1.54, 1.807) is 47.7 Å². The summed E-state index contributed by atoms with van der Waals surface area (Å²) < 4.78 is 5.09. The number of hydrogen-bond donors (Lipinski definition) is 3. The van der Waals surface area contributed by atoms with Gasteiger partial charge in [-0.1, -0.05) is 12.1 Å². The van der Waals surface area contributed by atoms with Crippen molar-refractivity contribution in [3.8, 4) is 10.6 Å². The molecule has 0 saturated heterocycles. The SMILES string of the molecule is Cc1ccc(C(=O)Nc2cc(-c3cccs3)[nH]n2)cc1NC(=O)c1ccco1. The maximum absolute atomic E-state index is 12.6. The fraction of sp³-hybridized carbons (Fsp3) is 0.0500. The molecule has 3 aromatic heterocycles. The lowest BCUT2D eigenvalue weighted by Crippen LogP contribution is -2.15. The monoisotopic (exact) mass is 392 g/mol. The van der Waals surface area contributed by atoms with Crippen molar-refractivity contribution in [1.82, 2.24) is 10.2 Å². The summed E-state index contributed by atoms with van der Waals surface area (Å²) in [5.74, 6) is -0.0710. The Labute approximate surface area is 164 Å². The fourth-order valence-electron chi connectivity index (χ4n) is 2.62. The Balaban J connectivity index is 1.49. The fourth-order valence-corrected chi connectivity index (χ4v) is 3.31. The Bertz CT molecular complexity index is 1110. The van der Waals surface area contributed by atoms with Crippen LogP contribution < -0.4 is 10.6 Å². The molecular weight excluding hydrogens is 376 g/mol. The van der Waals surface area contributed by atoms with Gasteiger partial charge in [-0.25, -0.2) is 0 Å². The van der Waals surface area contributed by atoms with E-state index in [1.807, 2.05) is 24.4 Å². The van der Waals surface area contributed by atoms with Crippen LogP contribution in [0.25, 0.3) is 10.6 Å². The number of aryl methyl sites for hydroxylation is 1. The molecule has 0 spiro atoms. The molecule has 0 aliphatic heterocycles. The molecule has 0 radical (unpaired) electrons.